The number of carbonyl (C=O) groups excluding carboxylic acids is 1. The molecule has 0 aliphatic carbocycles. The number of unbranched alkanes of at least 4 members (excludes halogenated alkanes) is 1. The number of carbonyl (C=O) groups is 1. The van der Waals surface area contributed by atoms with E-state index in [4.69, 9.17) is 4.84 Å². The number of ether oxygens (including phenoxy) is 1. The van der Waals surface area contributed by atoms with Gasteiger partial charge in [0.25, 0.3) is 0 Å². The highest BCUT2D eigenvalue weighted by Gasteiger charge is 2.44. The van der Waals surface area contributed by atoms with Crippen LogP contribution in [0.2, 0.25) is 0 Å². The maximum absolute atomic E-state index is 11.3. The average molecular weight is 231 g/mol. The Morgan fingerprint density at radius 2 is 2.31 bits per heavy atom. The molecule has 0 saturated heterocycles. The number of hydrogen-bond acceptors (Lipinski definition) is 5. The first-order chi connectivity index (χ1) is 7.61. The summed E-state index contributed by atoms with van der Waals surface area (Å²) in [6.45, 7) is 3.78. The molecule has 0 bridgehead atoms. The molecule has 0 saturated carbocycles. The zero-order valence-electron chi connectivity index (χ0n) is 9.51. The summed E-state index contributed by atoms with van der Waals surface area (Å²) >= 11 is 0. The van der Waals surface area contributed by atoms with Gasteiger partial charge in [-0.3, -0.25) is 5.21 Å². The van der Waals surface area contributed by atoms with E-state index in [1.54, 1.807) is 6.92 Å². The second-order valence-corrected chi connectivity index (χ2v) is 3.59. The number of rotatable bonds is 5. The zero-order valence-corrected chi connectivity index (χ0v) is 9.51. The highest BCUT2D eigenvalue weighted by Crippen LogP contribution is 2.17. The van der Waals surface area contributed by atoms with Gasteiger partial charge in [0.15, 0.2) is 6.10 Å². The largest absolute Gasteiger partial charge is 0.458 e. The summed E-state index contributed by atoms with van der Waals surface area (Å²) in [5.41, 5.74) is -0.358. The summed E-state index contributed by atoms with van der Waals surface area (Å²) in [6.07, 6.45) is 0.463. The lowest BCUT2D eigenvalue weighted by molar-refractivity contribution is -0.740. The minimum Gasteiger partial charge on any atom is -0.458 e. The van der Waals surface area contributed by atoms with Crippen LogP contribution in [0.25, 0.3) is 0 Å². The monoisotopic (exact) mass is 231 g/mol. The molecule has 0 radical (unpaired) electrons. The smallest absolute Gasteiger partial charge is 0.408 e. The molecule has 0 aromatic heterocycles. The van der Waals surface area contributed by atoms with Gasteiger partial charge in [-0.05, 0) is 13.3 Å². The van der Waals surface area contributed by atoms with Crippen molar-refractivity contribution in [3.05, 3.63) is 5.21 Å². The number of aliphatic hydroxyl groups excluding tert-OH is 1. The number of aliphatic hydroxyl groups is 1. The van der Waals surface area contributed by atoms with E-state index in [2.05, 4.69) is 4.74 Å². The van der Waals surface area contributed by atoms with E-state index in [0.29, 0.717) is 6.42 Å². The second-order valence-electron chi connectivity index (χ2n) is 3.59. The second kappa shape index (κ2) is 5.69. The van der Waals surface area contributed by atoms with Crippen LogP contribution in [0.4, 0.5) is 0 Å². The van der Waals surface area contributed by atoms with Gasteiger partial charge in [0.2, 0.25) is 0 Å². The fourth-order valence-electron chi connectivity index (χ4n) is 1.54. The highest BCUT2D eigenvalue weighted by molar-refractivity contribution is 6.36. The lowest BCUT2D eigenvalue weighted by Gasteiger charge is -2.13. The molecule has 0 spiro atoms. The van der Waals surface area contributed by atoms with Crippen LogP contribution in [0.3, 0.4) is 0 Å². The molecule has 0 fully saturated rings. The summed E-state index contributed by atoms with van der Waals surface area (Å²) in [7, 11) is 0. The molecular formula is C10H17NO5. The van der Waals surface area contributed by atoms with Gasteiger partial charge in [0.05, 0.1) is 11.5 Å². The Morgan fingerprint density at radius 3 is 2.88 bits per heavy atom. The molecule has 0 aromatic rings. The molecule has 1 heterocycles. The van der Waals surface area contributed by atoms with Gasteiger partial charge in [-0.1, -0.05) is 19.8 Å². The first-order valence-electron chi connectivity index (χ1n) is 5.47. The van der Waals surface area contributed by atoms with Gasteiger partial charge in [0, 0.05) is 0 Å². The number of nitrogens with zero attached hydrogens (tertiary/aromatic N) is 1. The third kappa shape index (κ3) is 2.63. The van der Waals surface area contributed by atoms with Crippen molar-refractivity contribution in [2.45, 2.75) is 45.3 Å². The average Bonchev–Trinajstić information content (AvgIpc) is 2.51. The Labute approximate surface area is 94.0 Å². The summed E-state index contributed by atoms with van der Waals surface area (Å²) in [6, 6.07) is 0. The van der Waals surface area contributed by atoms with Crippen LogP contribution >= 0.6 is 0 Å². The van der Waals surface area contributed by atoms with Crippen LogP contribution in [-0.4, -0.2) is 40.5 Å². The summed E-state index contributed by atoms with van der Waals surface area (Å²) in [4.78, 5) is 16.3. The Balaban J connectivity index is 2.64. The molecule has 0 aromatic carbocycles. The van der Waals surface area contributed by atoms with Gasteiger partial charge in [0.1, 0.15) is 6.10 Å². The molecule has 6 nitrogen and oxygen atoms in total. The third-order valence-corrected chi connectivity index (χ3v) is 2.39. The van der Waals surface area contributed by atoms with Crippen molar-refractivity contribution in [3.63, 3.8) is 0 Å². The van der Waals surface area contributed by atoms with Gasteiger partial charge in [-0.15, -0.1) is 0 Å². The molecule has 92 valence electrons. The third-order valence-electron chi connectivity index (χ3n) is 2.39. The van der Waals surface area contributed by atoms with Crippen molar-refractivity contribution in [1.29, 1.82) is 0 Å². The molecule has 2 atom stereocenters. The zero-order chi connectivity index (χ0) is 12.1. The van der Waals surface area contributed by atoms with Crippen LogP contribution < -0.4 is 0 Å². The fourth-order valence-corrected chi connectivity index (χ4v) is 1.54. The summed E-state index contributed by atoms with van der Waals surface area (Å²) < 4.78 is 4.66. The number of hydrogen-bond donors (Lipinski definition) is 1. The molecule has 1 aliphatic rings. The van der Waals surface area contributed by atoms with Crippen LogP contribution in [0, 0.1) is 5.21 Å². The first kappa shape index (κ1) is 12.8. The number of esters is 1. The molecule has 0 amide bonds. The van der Waals surface area contributed by atoms with Crippen LogP contribution in [0.15, 0.2) is 0 Å². The van der Waals surface area contributed by atoms with E-state index in [-0.39, 0.29) is 17.2 Å². The van der Waals surface area contributed by atoms with Gasteiger partial charge < -0.3 is 14.7 Å². The molecule has 6 heteroatoms. The van der Waals surface area contributed by atoms with E-state index in [1.807, 2.05) is 6.92 Å². The van der Waals surface area contributed by atoms with Crippen molar-refractivity contribution < 1.29 is 24.4 Å². The maximum atomic E-state index is 11.3. The first-order valence-corrected chi connectivity index (χ1v) is 5.47. The molecule has 1 N–H and O–H groups in total. The van der Waals surface area contributed by atoms with Crippen molar-refractivity contribution in [3.8, 4) is 0 Å². The predicted octanol–water partition coefficient (Wildman–Crippen LogP) is 0.366. The molecule has 0 unspecified atom stereocenters. The van der Waals surface area contributed by atoms with Crippen molar-refractivity contribution in [1.82, 2.24) is 0 Å². The molecule has 1 aliphatic heterocycles. The van der Waals surface area contributed by atoms with E-state index in [0.717, 1.165) is 12.8 Å². The maximum Gasteiger partial charge on any atom is 0.408 e. The molecular weight excluding hydrogens is 214 g/mol. The van der Waals surface area contributed by atoms with E-state index >= 15 is 0 Å². The van der Waals surface area contributed by atoms with Crippen LogP contribution in [0.5, 0.6) is 0 Å². The standard InChI is InChI=1S/C10H17NO5/c1-3-5-6-7-9(12)8(11(14)16-7)10(13)15-4-2/h7,9,12H,3-6H2,1-2H3/t7-,9-/m0/s1. The topological polar surface area (TPSA) is 81.8 Å². The lowest BCUT2D eigenvalue weighted by Crippen LogP contribution is -2.35. The Hall–Kier alpha value is -1.30. The van der Waals surface area contributed by atoms with E-state index in [1.165, 1.54) is 0 Å². The van der Waals surface area contributed by atoms with Crippen LogP contribution in [0.1, 0.15) is 33.1 Å². The predicted molar refractivity (Wildman–Crippen MR) is 55.7 cm³/mol. The quantitative estimate of drug-likeness (QED) is 0.546. The minimum absolute atomic E-state index is 0.0724. The minimum atomic E-state index is -1.19. The van der Waals surface area contributed by atoms with Crippen molar-refractivity contribution in [2.75, 3.05) is 6.61 Å². The Bertz CT molecular complexity index is 289. The Morgan fingerprint density at radius 1 is 1.62 bits per heavy atom. The Kier molecular flexibility index (Phi) is 4.54. The summed E-state index contributed by atoms with van der Waals surface area (Å²) in [5.74, 6) is -0.816. The summed E-state index contributed by atoms with van der Waals surface area (Å²) in [5, 5.41) is 21.0. The molecule has 1 rings (SSSR count). The van der Waals surface area contributed by atoms with Gasteiger partial charge >= 0.3 is 11.7 Å². The normalized spacial score (nSPS) is 24.4. The fraction of sp³-hybridized carbons (Fsp3) is 0.800. The van der Waals surface area contributed by atoms with Gasteiger partial charge in [-0.2, -0.15) is 0 Å². The van der Waals surface area contributed by atoms with Crippen molar-refractivity contribution in [2.24, 2.45) is 0 Å². The van der Waals surface area contributed by atoms with Crippen molar-refractivity contribution >= 4 is 11.7 Å². The lowest BCUT2D eigenvalue weighted by atomic mass is 10.0. The van der Waals surface area contributed by atoms with E-state index in [9.17, 15) is 15.1 Å². The SMILES string of the molecule is CCCC[C@@H]1O[N+]([O-])=C(C(=O)OCC)[C@H]1O. The van der Waals surface area contributed by atoms with Crippen LogP contribution in [-0.2, 0) is 14.4 Å². The van der Waals surface area contributed by atoms with E-state index < -0.39 is 18.2 Å². The highest BCUT2D eigenvalue weighted by atomic mass is 16.9. The molecule has 16 heavy (non-hydrogen) atoms. The van der Waals surface area contributed by atoms with Gasteiger partial charge in [-0.25, -0.2) is 4.79 Å².